The molecule has 2 aromatic carbocycles. The van der Waals surface area contributed by atoms with Crippen molar-refractivity contribution >= 4 is 23.2 Å². The fourth-order valence-corrected chi connectivity index (χ4v) is 2.11. The molecule has 2 aromatic rings. The topological polar surface area (TPSA) is 88.7 Å². The maximum absolute atomic E-state index is 11.9. The van der Waals surface area contributed by atoms with Gasteiger partial charge in [0.25, 0.3) is 5.91 Å². The molecule has 0 aliphatic heterocycles. The van der Waals surface area contributed by atoms with E-state index in [0.717, 1.165) is 0 Å². The number of nitrogens with one attached hydrogen (secondary N) is 3. The fourth-order valence-electron chi connectivity index (χ4n) is 2.11. The first kappa shape index (κ1) is 19.4. The third-order valence-corrected chi connectivity index (χ3v) is 3.31. The molecule has 0 spiro atoms. The Hall–Kier alpha value is -2.90. The normalized spacial score (nSPS) is 10.2. The zero-order chi connectivity index (χ0) is 18.6. The van der Waals surface area contributed by atoms with E-state index in [1.807, 2.05) is 18.2 Å². The zero-order valence-electron chi connectivity index (χ0n) is 14.7. The van der Waals surface area contributed by atoms with Gasteiger partial charge in [-0.1, -0.05) is 24.3 Å². The Morgan fingerprint density at radius 1 is 0.923 bits per heavy atom. The first-order chi connectivity index (χ1) is 12.7. The average Bonchev–Trinajstić information content (AvgIpc) is 2.65. The van der Waals surface area contributed by atoms with Crippen LogP contribution in [0, 0.1) is 0 Å². The highest BCUT2D eigenvalue weighted by Gasteiger charge is 2.06. The third-order valence-electron chi connectivity index (χ3n) is 3.31. The highest BCUT2D eigenvalue weighted by molar-refractivity contribution is 5.93. The van der Waals surface area contributed by atoms with E-state index in [1.165, 1.54) is 0 Å². The van der Waals surface area contributed by atoms with Crippen molar-refractivity contribution < 1.29 is 19.1 Å². The minimum absolute atomic E-state index is 0.120. The first-order valence-electron chi connectivity index (χ1n) is 8.24. The van der Waals surface area contributed by atoms with E-state index < -0.39 is 0 Å². The van der Waals surface area contributed by atoms with E-state index >= 15 is 0 Å². The van der Waals surface area contributed by atoms with Crippen molar-refractivity contribution in [1.82, 2.24) is 5.32 Å². The number of ether oxygens (including phenoxy) is 2. The van der Waals surface area contributed by atoms with Crippen LogP contribution in [-0.2, 0) is 14.3 Å². The SMILES string of the molecule is COCCNCC(=O)Nc1cccc(OCC(=O)Nc2ccccc2)c1. The van der Waals surface area contributed by atoms with Crippen molar-refractivity contribution in [3.05, 3.63) is 54.6 Å². The minimum atomic E-state index is -0.256. The van der Waals surface area contributed by atoms with Crippen LogP contribution >= 0.6 is 0 Å². The molecule has 0 aliphatic carbocycles. The number of carbonyl (C=O) groups is 2. The molecule has 0 fully saturated rings. The van der Waals surface area contributed by atoms with Gasteiger partial charge in [0, 0.05) is 31.1 Å². The summed E-state index contributed by atoms with van der Waals surface area (Å²) in [5.74, 6) is 0.0754. The van der Waals surface area contributed by atoms with Gasteiger partial charge in [0.15, 0.2) is 6.61 Å². The van der Waals surface area contributed by atoms with Gasteiger partial charge < -0.3 is 25.4 Å². The molecule has 0 aromatic heterocycles. The number of methoxy groups -OCH3 is 1. The van der Waals surface area contributed by atoms with Crippen LogP contribution in [0.4, 0.5) is 11.4 Å². The number of rotatable bonds is 10. The van der Waals surface area contributed by atoms with E-state index in [4.69, 9.17) is 9.47 Å². The van der Waals surface area contributed by atoms with Crippen LogP contribution in [0.25, 0.3) is 0 Å². The highest BCUT2D eigenvalue weighted by atomic mass is 16.5. The lowest BCUT2D eigenvalue weighted by Crippen LogP contribution is -2.30. The van der Waals surface area contributed by atoms with Crippen LogP contribution in [0.1, 0.15) is 0 Å². The van der Waals surface area contributed by atoms with Crippen LogP contribution in [0.2, 0.25) is 0 Å². The molecule has 0 atom stereocenters. The van der Waals surface area contributed by atoms with E-state index in [9.17, 15) is 9.59 Å². The second-order valence-corrected chi connectivity index (χ2v) is 5.45. The van der Waals surface area contributed by atoms with Crippen molar-refractivity contribution in [2.75, 3.05) is 44.0 Å². The second kappa shape index (κ2) is 10.9. The van der Waals surface area contributed by atoms with Gasteiger partial charge in [-0.25, -0.2) is 0 Å². The summed E-state index contributed by atoms with van der Waals surface area (Å²) in [5, 5.41) is 8.47. The van der Waals surface area contributed by atoms with Crippen molar-refractivity contribution in [2.45, 2.75) is 0 Å². The highest BCUT2D eigenvalue weighted by Crippen LogP contribution is 2.17. The van der Waals surface area contributed by atoms with Crippen LogP contribution in [0.3, 0.4) is 0 Å². The number of benzene rings is 2. The molecule has 0 unspecified atom stereocenters. The average molecular weight is 357 g/mol. The molecule has 7 heteroatoms. The Morgan fingerprint density at radius 3 is 2.42 bits per heavy atom. The molecule has 138 valence electrons. The Kier molecular flexibility index (Phi) is 8.11. The van der Waals surface area contributed by atoms with E-state index in [1.54, 1.807) is 43.5 Å². The molecule has 0 aliphatic rings. The zero-order valence-corrected chi connectivity index (χ0v) is 14.7. The molecule has 0 bridgehead atoms. The summed E-state index contributed by atoms with van der Waals surface area (Å²) >= 11 is 0. The van der Waals surface area contributed by atoms with Crippen molar-refractivity contribution in [3.8, 4) is 5.75 Å². The fraction of sp³-hybridized carbons (Fsp3) is 0.263. The van der Waals surface area contributed by atoms with Gasteiger partial charge in [-0.15, -0.1) is 0 Å². The van der Waals surface area contributed by atoms with E-state index in [-0.39, 0.29) is 25.0 Å². The molecule has 0 saturated heterocycles. The maximum atomic E-state index is 11.9. The van der Waals surface area contributed by atoms with Crippen LogP contribution in [-0.4, -0.2) is 45.2 Å². The summed E-state index contributed by atoms with van der Waals surface area (Å²) in [6.45, 7) is 1.21. The standard InChI is InChI=1S/C19H23N3O4/c1-25-11-10-20-13-18(23)22-16-8-5-9-17(12-16)26-14-19(24)21-15-6-3-2-4-7-15/h2-9,12,20H,10-11,13-14H2,1H3,(H,21,24)(H,22,23). The van der Waals surface area contributed by atoms with Gasteiger partial charge >= 0.3 is 0 Å². The summed E-state index contributed by atoms with van der Waals surface area (Å²) in [4.78, 5) is 23.7. The van der Waals surface area contributed by atoms with Crippen LogP contribution in [0.15, 0.2) is 54.6 Å². The summed E-state index contributed by atoms with van der Waals surface area (Å²) in [6.07, 6.45) is 0. The smallest absolute Gasteiger partial charge is 0.262 e. The number of amides is 2. The molecule has 0 heterocycles. The number of hydrogen-bond acceptors (Lipinski definition) is 5. The molecule has 7 nitrogen and oxygen atoms in total. The molecule has 0 saturated carbocycles. The van der Waals surface area contributed by atoms with Gasteiger partial charge in [-0.2, -0.15) is 0 Å². The lowest BCUT2D eigenvalue weighted by atomic mass is 10.3. The molecule has 2 rings (SSSR count). The van der Waals surface area contributed by atoms with Crippen LogP contribution < -0.4 is 20.7 Å². The molecule has 2 amide bonds. The minimum Gasteiger partial charge on any atom is -0.484 e. The lowest BCUT2D eigenvalue weighted by Gasteiger charge is -2.10. The van der Waals surface area contributed by atoms with Gasteiger partial charge in [-0.05, 0) is 24.3 Å². The number of anilines is 2. The first-order valence-corrected chi connectivity index (χ1v) is 8.24. The Balaban J connectivity index is 1.77. The van der Waals surface area contributed by atoms with Gasteiger partial charge in [0.05, 0.1) is 13.2 Å². The van der Waals surface area contributed by atoms with Crippen LogP contribution in [0.5, 0.6) is 5.75 Å². The Labute approximate surface area is 152 Å². The Bertz CT molecular complexity index is 707. The third kappa shape index (κ3) is 7.33. The molecular formula is C19H23N3O4. The van der Waals surface area contributed by atoms with Gasteiger partial charge in [0.1, 0.15) is 5.75 Å². The monoisotopic (exact) mass is 357 g/mol. The maximum Gasteiger partial charge on any atom is 0.262 e. The second-order valence-electron chi connectivity index (χ2n) is 5.45. The molecule has 26 heavy (non-hydrogen) atoms. The number of para-hydroxylation sites is 1. The number of hydrogen-bond donors (Lipinski definition) is 3. The van der Waals surface area contributed by atoms with Gasteiger partial charge in [0.2, 0.25) is 5.91 Å². The molecule has 0 radical (unpaired) electrons. The summed E-state index contributed by atoms with van der Waals surface area (Å²) in [6, 6.07) is 16.1. The number of carbonyl (C=O) groups excluding carboxylic acids is 2. The molecular weight excluding hydrogens is 334 g/mol. The van der Waals surface area contributed by atoms with Crippen molar-refractivity contribution in [2.24, 2.45) is 0 Å². The summed E-state index contributed by atoms with van der Waals surface area (Å²) < 4.78 is 10.4. The predicted octanol–water partition coefficient (Wildman–Crippen LogP) is 1.88. The van der Waals surface area contributed by atoms with E-state index in [0.29, 0.717) is 30.3 Å². The van der Waals surface area contributed by atoms with E-state index in [2.05, 4.69) is 16.0 Å². The largest absolute Gasteiger partial charge is 0.484 e. The summed E-state index contributed by atoms with van der Waals surface area (Å²) in [7, 11) is 1.60. The molecule has 3 N–H and O–H groups in total. The van der Waals surface area contributed by atoms with Gasteiger partial charge in [-0.3, -0.25) is 9.59 Å². The quantitative estimate of drug-likeness (QED) is 0.565. The lowest BCUT2D eigenvalue weighted by molar-refractivity contribution is -0.118. The predicted molar refractivity (Wildman–Crippen MR) is 100 cm³/mol. The van der Waals surface area contributed by atoms with Crippen molar-refractivity contribution in [3.63, 3.8) is 0 Å². The Morgan fingerprint density at radius 2 is 1.65 bits per heavy atom. The van der Waals surface area contributed by atoms with Crippen molar-refractivity contribution in [1.29, 1.82) is 0 Å². The summed E-state index contributed by atoms with van der Waals surface area (Å²) in [5.41, 5.74) is 1.31.